The molecule has 0 radical (unpaired) electrons. The first-order valence-corrected chi connectivity index (χ1v) is 6.82. The number of hydrogen-bond acceptors (Lipinski definition) is 5. The van der Waals surface area contributed by atoms with Crippen LogP contribution in [0.25, 0.3) is 11.4 Å². The van der Waals surface area contributed by atoms with Crippen molar-refractivity contribution in [3.05, 3.63) is 54.4 Å². The molecule has 122 valence electrons. The molecular formula is C15H11F2N5O2. The van der Waals surface area contributed by atoms with E-state index in [0.29, 0.717) is 11.4 Å². The molecule has 0 bridgehead atoms. The molecule has 2 aromatic heterocycles. The molecule has 24 heavy (non-hydrogen) atoms. The molecule has 1 amide bonds. The van der Waals surface area contributed by atoms with E-state index in [2.05, 4.69) is 30.2 Å². The summed E-state index contributed by atoms with van der Waals surface area (Å²) in [4.78, 5) is 20.0. The van der Waals surface area contributed by atoms with Gasteiger partial charge in [-0.1, -0.05) is 18.2 Å². The minimum atomic E-state index is -2.91. The fourth-order valence-corrected chi connectivity index (χ4v) is 1.93. The summed E-state index contributed by atoms with van der Waals surface area (Å²) in [5, 5.41) is 8.97. The van der Waals surface area contributed by atoms with Crippen molar-refractivity contribution in [3.8, 4) is 17.1 Å². The Morgan fingerprint density at radius 3 is 2.83 bits per heavy atom. The summed E-state index contributed by atoms with van der Waals surface area (Å²) in [5.41, 5.74) is 0.704. The molecular weight excluding hydrogens is 320 g/mol. The van der Waals surface area contributed by atoms with E-state index < -0.39 is 12.5 Å². The van der Waals surface area contributed by atoms with Crippen LogP contribution in [0.5, 0.6) is 5.75 Å². The average Bonchev–Trinajstić information content (AvgIpc) is 3.04. The lowest BCUT2D eigenvalue weighted by Crippen LogP contribution is -2.14. The smallest absolute Gasteiger partial charge is 0.387 e. The Bertz CT molecular complexity index is 839. The molecule has 2 N–H and O–H groups in total. The van der Waals surface area contributed by atoms with Crippen LogP contribution in [0.2, 0.25) is 0 Å². The third-order valence-electron chi connectivity index (χ3n) is 2.94. The Labute approximate surface area is 134 Å². The minimum absolute atomic E-state index is 0.00188. The number of aromatic amines is 1. The topological polar surface area (TPSA) is 92.8 Å². The zero-order valence-electron chi connectivity index (χ0n) is 12.1. The van der Waals surface area contributed by atoms with Gasteiger partial charge >= 0.3 is 6.61 Å². The lowest BCUT2D eigenvalue weighted by atomic mass is 10.2. The number of carbonyl (C=O) groups excluding carboxylic acids is 1. The van der Waals surface area contributed by atoms with Crippen molar-refractivity contribution in [1.29, 1.82) is 0 Å². The van der Waals surface area contributed by atoms with E-state index >= 15 is 0 Å². The summed E-state index contributed by atoms with van der Waals surface area (Å²) in [7, 11) is 0. The van der Waals surface area contributed by atoms with Crippen LogP contribution in [0, 0.1) is 0 Å². The largest absolute Gasteiger partial charge is 0.435 e. The summed E-state index contributed by atoms with van der Waals surface area (Å²) in [6.45, 7) is -2.91. The number of anilines is 1. The second-order valence-corrected chi connectivity index (χ2v) is 4.58. The van der Waals surface area contributed by atoms with E-state index in [0.717, 1.165) is 0 Å². The predicted molar refractivity (Wildman–Crippen MR) is 80.6 cm³/mol. The number of nitrogens with one attached hydrogen (secondary N) is 2. The van der Waals surface area contributed by atoms with Crippen molar-refractivity contribution in [2.24, 2.45) is 0 Å². The van der Waals surface area contributed by atoms with Gasteiger partial charge in [0, 0.05) is 11.8 Å². The Kier molecular flexibility index (Phi) is 4.41. The molecule has 0 unspecified atom stereocenters. The summed E-state index contributed by atoms with van der Waals surface area (Å²) in [6.07, 6.45) is 1.49. The second-order valence-electron chi connectivity index (χ2n) is 4.58. The van der Waals surface area contributed by atoms with E-state index in [-0.39, 0.29) is 17.4 Å². The predicted octanol–water partition coefficient (Wildman–Crippen LogP) is 2.72. The van der Waals surface area contributed by atoms with Gasteiger partial charge in [0.15, 0.2) is 5.82 Å². The Hall–Kier alpha value is -3.36. The number of hydrogen-bond donors (Lipinski definition) is 2. The van der Waals surface area contributed by atoms with Crippen LogP contribution >= 0.6 is 0 Å². The normalized spacial score (nSPS) is 10.6. The number of rotatable bonds is 5. The first kappa shape index (κ1) is 15.5. The Morgan fingerprint density at radius 1 is 1.21 bits per heavy atom. The van der Waals surface area contributed by atoms with E-state index in [1.54, 1.807) is 30.3 Å². The molecule has 0 saturated heterocycles. The quantitative estimate of drug-likeness (QED) is 0.750. The third kappa shape index (κ3) is 3.69. The molecule has 7 nitrogen and oxygen atoms in total. The maximum Gasteiger partial charge on any atom is 0.387 e. The van der Waals surface area contributed by atoms with Crippen molar-refractivity contribution in [2.75, 3.05) is 5.32 Å². The van der Waals surface area contributed by atoms with Crippen LogP contribution in [-0.2, 0) is 0 Å². The van der Waals surface area contributed by atoms with Gasteiger partial charge in [-0.25, -0.2) is 0 Å². The van der Waals surface area contributed by atoms with Crippen molar-refractivity contribution in [3.63, 3.8) is 0 Å². The summed E-state index contributed by atoms with van der Waals surface area (Å²) in [5.74, 6) is -0.124. The Morgan fingerprint density at radius 2 is 2.08 bits per heavy atom. The molecule has 0 saturated carbocycles. The fourth-order valence-electron chi connectivity index (χ4n) is 1.93. The fraction of sp³-hybridized carbons (Fsp3) is 0.0667. The van der Waals surface area contributed by atoms with Gasteiger partial charge in [0.25, 0.3) is 5.91 Å². The van der Waals surface area contributed by atoms with Crippen molar-refractivity contribution < 1.29 is 18.3 Å². The van der Waals surface area contributed by atoms with Gasteiger partial charge in [0.1, 0.15) is 11.4 Å². The lowest BCUT2D eigenvalue weighted by Gasteiger charge is -2.04. The van der Waals surface area contributed by atoms with Crippen LogP contribution in [-0.4, -0.2) is 32.7 Å². The lowest BCUT2D eigenvalue weighted by molar-refractivity contribution is -0.0498. The van der Waals surface area contributed by atoms with Gasteiger partial charge in [0.2, 0.25) is 5.95 Å². The van der Waals surface area contributed by atoms with Gasteiger partial charge in [-0.15, -0.1) is 5.10 Å². The van der Waals surface area contributed by atoms with E-state index in [1.165, 1.54) is 18.3 Å². The minimum Gasteiger partial charge on any atom is -0.435 e. The molecule has 2 heterocycles. The molecule has 9 heteroatoms. The number of alkyl halides is 2. The number of carbonyl (C=O) groups is 1. The number of benzene rings is 1. The summed E-state index contributed by atoms with van der Waals surface area (Å²) in [6, 6.07) is 10.9. The van der Waals surface area contributed by atoms with Crippen LogP contribution in [0.3, 0.4) is 0 Å². The first-order valence-electron chi connectivity index (χ1n) is 6.82. The van der Waals surface area contributed by atoms with Crippen LogP contribution in [0.15, 0.2) is 48.7 Å². The van der Waals surface area contributed by atoms with Gasteiger partial charge < -0.3 is 4.74 Å². The van der Waals surface area contributed by atoms with Crippen molar-refractivity contribution in [2.45, 2.75) is 6.61 Å². The highest BCUT2D eigenvalue weighted by atomic mass is 19.3. The van der Waals surface area contributed by atoms with Crippen LogP contribution in [0.4, 0.5) is 14.7 Å². The second kappa shape index (κ2) is 6.82. The standard InChI is InChI=1S/C15H11F2N5O2/c16-14(17)24-10-5-3-4-9(8-10)12-19-15(22-21-12)20-13(23)11-6-1-2-7-18-11/h1-8,14H,(H2,19,20,21,22,23). The van der Waals surface area contributed by atoms with E-state index in [4.69, 9.17) is 0 Å². The molecule has 0 fully saturated rings. The number of pyridine rings is 1. The molecule has 0 aliphatic rings. The first-order chi connectivity index (χ1) is 11.6. The molecule has 3 rings (SSSR count). The van der Waals surface area contributed by atoms with Gasteiger partial charge in [-0.3, -0.25) is 20.2 Å². The van der Waals surface area contributed by atoms with Crippen molar-refractivity contribution >= 4 is 11.9 Å². The van der Waals surface area contributed by atoms with Crippen LogP contribution < -0.4 is 10.1 Å². The molecule has 1 aromatic carbocycles. The molecule has 0 spiro atoms. The molecule has 3 aromatic rings. The van der Waals surface area contributed by atoms with Gasteiger partial charge in [-0.05, 0) is 24.3 Å². The van der Waals surface area contributed by atoms with E-state index in [1.807, 2.05) is 0 Å². The number of amides is 1. The SMILES string of the molecule is O=C(Nc1n[nH]c(-c2cccc(OC(F)F)c2)n1)c1ccccn1. The average molecular weight is 331 g/mol. The zero-order chi connectivity index (χ0) is 16.9. The molecule has 0 atom stereocenters. The summed E-state index contributed by atoms with van der Waals surface area (Å²) < 4.78 is 28.8. The third-order valence-corrected chi connectivity index (χ3v) is 2.94. The maximum absolute atomic E-state index is 12.3. The van der Waals surface area contributed by atoms with Gasteiger partial charge in [0.05, 0.1) is 0 Å². The highest BCUT2D eigenvalue weighted by Gasteiger charge is 2.12. The highest BCUT2D eigenvalue weighted by molar-refractivity contribution is 6.01. The number of halogens is 2. The zero-order valence-corrected chi connectivity index (χ0v) is 12.1. The maximum atomic E-state index is 12.3. The highest BCUT2D eigenvalue weighted by Crippen LogP contribution is 2.22. The number of H-pyrrole nitrogens is 1. The van der Waals surface area contributed by atoms with Gasteiger partial charge in [-0.2, -0.15) is 13.8 Å². The number of nitrogens with zero attached hydrogens (tertiary/aromatic N) is 3. The number of ether oxygens (including phenoxy) is 1. The molecule has 0 aliphatic carbocycles. The monoisotopic (exact) mass is 331 g/mol. The van der Waals surface area contributed by atoms with Crippen LogP contribution in [0.1, 0.15) is 10.5 Å². The van der Waals surface area contributed by atoms with Crippen molar-refractivity contribution in [1.82, 2.24) is 20.2 Å². The summed E-state index contributed by atoms with van der Waals surface area (Å²) >= 11 is 0. The van der Waals surface area contributed by atoms with E-state index in [9.17, 15) is 13.6 Å². The number of aromatic nitrogens is 4. The molecule has 0 aliphatic heterocycles. The Balaban J connectivity index is 1.75.